The number of para-hydroxylation sites is 2. The maximum atomic E-state index is 4.45. The van der Waals surface area contributed by atoms with Crippen molar-refractivity contribution in [2.24, 2.45) is 0 Å². The van der Waals surface area contributed by atoms with Crippen molar-refractivity contribution in [3.63, 3.8) is 0 Å². The van der Waals surface area contributed by atoms with Crippen molar-refractivity contribution in [1.29, 1.82) is 0 Å². The van der Waals surface area contributed by atoms with E-state index in [9.17, 15) is 0 Å². The number of fused-ring (bicyclic) bond motifs is 1. The smallest absolute Gasteiger partial charge is 0.201 e. The second kappa shape index (κ2) is 4.33. The molecule has 0 radical (unpaired) electrons. The molecule has 0 saturated heterocycles. The molecule has 4 heteroatoms. The zero-order chi connectivity index (χ0) is 11.5. The van der Waals surface area contributed by atoms with Crippen molar-refractivity contribution in [2.45, 2.75) is 6.42 Å². The van der Waals surface area contributed by atoms with Gasteiger partial charge in [0.1, 0.15) is 0 Å². The van der Waals surface area contributed by atoms with Gasteiger partial charge in [0.05, 0.1) is 11.0 Å². The average molecular weight is 226 g/mol. The molecule has 3 rings (SSSR count). The van der Waals surface area contributed by atoms with Crippen molar-refractivity contribution in [3.05, 3.63) is 48.3 Å². The standard InChI is InChI=1S/C13H14N4/c1-2-6-12-11(5-1)16-13(17-12)15-9-7-10-4-3-8-14-10/h1-6,8,14H,7,9H2,(H2,15,16,17). The van der Waals surface area contributed by atoms with Crippen LogP contribution in [0.25, 0.3) is 11.0 Å². The first-order valence-electron chi connectivity index (χ1n) is 5.73. The number of nitrogens with one attached hydrogen (secondary N) is 3. The van der Waals surface area contributed by atoms with Crippen molar-refractivity contribution in [1.82, 2.24) is 15.0 Å². The Morgan fingerprint density at radius 1 is 1.12 bits per heavy atom. The third kappa shape index (κ3) is 2.15. The van der Waals surface area contributed by atoms with Gasteiger partial charge in [-0.25, -0.2) is 4.98 Å². The van der Waals surface area contributed by atoms with Gasteiger partial charge in [-0.15, -0.1) is 0 Å². The summed E-state index contributed by atoms with van der Waals surface area (Å²) in [5, 5.41) is 3.29. The fourth-order valence-electron chi connectivity index (χ4n) is 1.88. The first kappa shape index (κ1) is 9.96. The van der Waals surface area contributed by atoms with Crippen LogP contribution in [-0.2, 0) is 6.42 Å². The molecule has 3 aromatic rings. The van der Waals surface area contributed by atoms with Gasteiger partial charge in [-0.3, -0.25) is 0 Å². The van der Waals surface area contributed by atoms with Crippen molar-refractivity contribution in [2.75, 3.05) is 11.9 Å². The quantitative estimate of drug-likeness (QED) is 0.640. The van der Waals surface area contributed by atoms with Gasteiger partial charge in [0, 0.05) is 24.9 Å². The number of hydrogen-bond acceptors (Lipinski definition) is 2. The number of anilines is 1. The summed E-state index contributed by atoms with van der Waals surface area (Å²) in [6, 6.07) is 12.1. The summed E-state index contributed by atoms with van der Waals surface area (Å²) >= 11 is 0. The minimum Gasteiger partial charge on any atom is -0.365 e. The third-order valence-corrected chi connectivity index (χ3v) is 2.74. The van der Waals surface area contributed by atoms with E-state index < -0.39 is 0 Å². The van der Waals surface area contributed by atoms with E-state index in [-0.39, 0.29) is 0 Å². The minimum atomic E-state index is 0.831. The van der Waals surface area contributed by atoms with E-state index in [2.05, 4.69) is 26.3 Å². The number of H-pyrrole nitrogens is 2. The number of aromatic nitrogens is 3. The van der Waals surface area contributed by atoms with Crippen LogP contribution in [0.15, 0.2) is 42.6 Å². The lowest BCUT2D eigenvalue weighted by atomic mass is 10.3. The molecule has 0 fully saturated rings. The molecule has 17 heavy (non-hydrogen) atoms. The second-order valence-electron chi connectivity index (χ2n) is 3.97. The molecule has 86 valence electrons. The first-order valence-corrected chi connectivity index (χ1v) is 5.73. The fourth-order valence-corrected chi connectivity index (χ4v) is 1.88. The lowest BCUT2D eigenvalue weighted by Crippen LogP contribution is -2.06. The number of imidazole rings is 1. The average Bonchev–Trinajstić information content (AvgIpc) is 2.96. The molecule has 2 heterocycles. The van der Waals surface area contributed by atoms with Gasteiger partial charge in [-0.05, 0) is 24.3 Å². The van der Waals surface area contributed by atoms with E-state index in [4.69, 9.17) is 0 Å². The molecule has 3 N–H and O–H groups in total. The Kier molecular flexibility index (Phi) is 2.54. The van der Waals surface area contributed by atoms with E-state index >= 15 is 0 Å². The van der Waals surface area contributed by atoms with E-state index in [1.165, 1.54) is 5.69 Å². The Bertz CT molecular complexity index is 562. The topological polar surface area (TPSA) is 56.5 Å². The van der Waals surface area contributed by atoms with Gasteiger partial charge in [0.15, 0.2) is 0 Å². The predicted octanol–water partition coefficient (Wildman–Crippen LogP) is 2.55. The molecule has 4 nitrogen and oxygen atoms in total. The highest BCUT2D eigenvalue weighted by Crippen LogP contribution is 2.13. The first-order chi connectivity index (χ1) is 8.42. The monoisotopic (exact) mass is 226 g/mol. The van der Waals surface area contributed by atoms with Crippen LogP contribution in [0.4, 0.5) is 5.95 Å². The second-order valence-corrected chi connectivity index (χ2v) is 3.97. The Labute approximate surface area is 99.1 Å². The van der Waals surface area contributed by atoms with Crippen LogP contribution < -0.4 is 5.32 Å². The van der Waals surface area contributed by atoms with E-state index in [0.29, 0.717) is 0 Å². The number of benzene rings is 1. The highest BCUT2D eigenvalue weighted by molar-refractivity contribution is 5.77. The number of nitrogens with zero attached hydrogens (tertiary/aromatic N) is 1. The Morgan fingerprint density at radius 3 is 2.88 bits per heavy atom. The van der Waals surface area contributed by atoms with Gasteiger partial charge < -0.3 is 15.3 Å². The van der Waals surface area contributed by atoms with E-state index in [1.807, 2.05) is 36.5 Å². The summed E-state index contributed by atoms with van der Waals surface area (Å²) in [6.07, 6.45) is 2.90. The van der Waals surface area contributed by atoms with E-state index in [0.717, 1.165) is 29.9 Å². The van der Waals surface area contributed by atoms with Crippen molar-refractivity contribution in [3.8, 4) is 0 Å². The van der Waals surface area contributed by atoms with Crippen LogP contribution in [-0.4, -0.2) is 21.5 Å². The zero-order valence-corrected chi connectivity index (χ0v) is 9.40. The van der Waals surface area contributed by atoms with Gasteiger partial charge in [-0.1, -0.05) is 12.1 Å². The van der Waals surface area contributed by atoms with Crippen molar-refractivity contribution < 1.29 is 0 Å². The molecule has 0 aliphatic rings. The molecule has 0 atom stereocenters. The van der Waals surface area contributed by atoms with Crippen LogP contribution in [0.3, 0.4) is 0 Å². The summed E-state index contributed by atoms with van der Waals surface area (Å²) in [5.41, 5.74) is 3.29. The molecule has 1 aromatic carbocycles. The molecule has 0 amide bonds. The Morgan fingerprint density at radius 2 is 2.06 bits per heavy atom. The lowest BCUT2D eigenvalue weighted by molar-refractivity contribution is 0.963. The van der Waals surface area contributed by atoms with Gasteiger partial charge in [-0.2, -0.15) is 0 Å². The zero-order valence-electron chi connectivity index (χ0n) is 9.40. The predicted molar refractivity (Wildman–Crippen MR) is 69.1 cm³/mol. The summed E-state index contributed by atoms with van der Waals surface area (Å²) in [6.45, 7) is 0.861. The highest BCUT2D eigenvalue weighted by atomic mass is 15.1. The van der Waals surface area contributed by atoms with Gasteiger partial charge >= 0.3 is 0 Å². The van der Waals surface area contributed by atoms with Crippen molar-refractivity contribution >= 4 is 17.0 Å². The fraction of sp³-hybridized carbons (Fsp3) is 0.154. The Balaban J connectivity index is 1.65. The largest absolute Gasteiger partial charge is 0.365 e. The molecular weight excluding hydrogens is 212 g/mol. The lowest BCUT2D eigenvalue weighted by Gasteiger charge is -2.00. The summed E-state index contributed by atoms with van der Waals surface area (Å²) in [4.78, 5) is 10.9. The third-order valence-electron chi connectivity index (χ3n) is 2.74. The molecule has 0 bridgehead atoms. The number of rotatable bonds is 4. The number of hydrogen-bond donors (Lipinski definition) is 3. The summed E-state index contributed by atoms with van der Waals surface area (Å²) in [5.74, 6) is 0.831. The molecule has 0 saturated carbocycles. The molecule has 0 unspecified atom stereocenters. The summed E-state index contributed by atoms with van der Waals surface area (Å²) in [7, 11) is 0. The minimum absolute atomic E-state index is 0.831. The van der Waals surface area contributed by atoms with Crippen LogP contribution in [0.2, 0.25) is 0 Å². The maximum absolute atomic E-state index is 4.45. The molecular formula is C13H14N4. The molecule has 2 aromatic heterocycles. The molecule has 0 aliphatic carbocycles. The molecule has 0 spiro atoms. The molecule has 0 aliphatic heterocycles. The summed E-state index contributed by atoms with van der Waals surface area (Å²) < 4.78 is 0. The van der Waals surface area contributed by atoms with Crippen LogP contribution in [0.1, 0.15) is 5.69 Å². The van der Waals surface area contributed by atoms with E-state index in [1.54, 1.807) is 0 Å². The number of aromatic amines is 2. The maximum Gasteiger partial charge on any atom is 0.201 e. The Hall–Kier alpha value is -2.23. The van der Waals surface area contributed by atoms with Crippen LogP contribution >= 0.6 is 0 Å². The SMILES string of the molecule is c1c[nH]c(CCNc2nc3ccccc3[nH]2)c1. The highest BCUT2D eigenvalue weighted by Gasteiger charge is 2.00. The van der Waals surface area contributed by atoms with Crippen LogP contribution in [0, 0.1) is 0 Å². The van der Waals surface area contributed by atoms with Gasteiger partial charge in [0.25, 0.3) is 0 Å². The normalized spacial score (nSPS) is 10.8. The van der Waals surface area contributed by atoms with Crippen LogP contribution in [0.5, 0.6) is 0 Å². The van der Waals surface area contributed by atoms with Gasteiger partial charge in [0.2, 0.25) is 5.95 Å².